The summed E-state index contributed by atoms with van der Waals surface area (Å²) in [6.07, 6.45) is 1.96. The van der Waals surface area contributed by atoms with Crippen LogP contribution >= 0.6 is 11.3 Å². The van der Waals surface area contributed by atoms with E-state index in [1.54, 1.807) is 0 Å². The molecule has 0 radical (unpaired) electrons. The summed E-state index contributed by atoms with van der Waals surface area (Å²) in [5, 5.41) is 1.97. The monoisotopic (exact) mass is 356 g/mol. The molecular weight excluding hydrogens is 332 g/mol. The van der Waals surface area contributed by atoms with E-state index in [1.165, 1.54) is 16.9 Å². The molecule has 0 aliphatic carbocycles. The van der Waals surface area contributed by atoms with Gasteiger partial charge in [-0.2, -0.15) is 0 Å². The van der Waals surface area contributed by atoms with E-state index in [1.807, 2.05) is 22.4 Å². The first kappa shape index (κ1) is 16.8. The van der Waals surface area contributed by atoms with E-state index in [2.05, 4.69) is 35.2 Å². The van der Waals surface area contributed by atoms with Gasteiger partial charge in [0.2, 0.25) is 0 Å². The van der Waals surface area contributed by atoms with Gasteiger partial charge < -0.3 is 9.64 Å². The van der Waals surface area contributed by atoms with Gasteiger partial charge in [0, 0.05) is 31.7 Å². The minimum atomic E-state index is 0.0251. The van der Waals surface area contributed by atoms with Crippen molar-refractivity contribution in [2.75, 3.05) is 39.4 Å². The molecule has 4 rings (SSSR count). The van der Waals surface area contributed by atoms with Crippen LogP contribution in [0.25, 0.3) is 0 Å². The average molecular weight is 356 g/mol. The van der Waals surface area contributed by atoms with Gasteiger partial charge in [-0.05, 0) is 29.9 Å². The van der Waals surface area contributed by atoms with E-state index in [9.17, 15) is 4.79 Å². The highest BCUT2D eigenvalue weighted by Crippen LogP contribution is 2.39. The number of benzene rings is 1. The first-order valence-corrected chi connectivity index (χ1v) is 9.89. The van der Waals surface area contributed by atoms with Crippen molar-refractivity contribution < 1.29 is 9.53 Å². The normalized spacial score (nSPS) is 21.2. The lowest BCUT2D eigenvalue weighted by Crippen LogP contribution is -2.57. The maximum Gasteiger partial charge on any atom is 0.263 e. The molecule has 4 nitrogen and oxygen atoms in total. The lowest BCUT2D eigenvalue weighted by Gasteiger charge is -2.50. The molecule has 0 atom stereocenters. The van der Waals surface area contributed by atoms with Crippen LogP contribution in [0.1, 0.15) is 28.1 Å². The first-order valence-electron chi connectivity index (χ1n) is 9.01. The topological polar surface area (TPSA) is 32.8 Å². The quantitative estimate of drug-likeness (QED) is 0.847. The third-order valence-corrected chi connectivity index (χ3v) is 6.40. The Balaban J connectivity index is 1.56. The van der Waals surface area contributed by atoms with Crippen molar-refractivity contribution in [1.82, 2.24) is 9.80 Å². The number of carbonyl (C=O) groups is 1. The SMILES string of the molecule is O=C(c1cccs1)N1CCC(c2ccccc2)(N2CCOCC2)CC1. The number of carbonyl (C=O) groups excluding carboxylic acids is 1. The molecule has 3 heterocycles. The van der Waals surface area contributed by atoms with E-state index < -0.39 is 0 Å². The van der Waals surface area contributed by atoms with Crippen LogP contribution < -0.4 is 0 Å². The summed E-state index contributed by atoms with van der Waals surface area (Å²) in [6, 6.07) is 14.7. The van der Waals surface area contributed by atoms with Crippen LogP contribution in [0.5, 0.6) is 0 Å². The molecule has 5 heteroatoms. The summed E-state index contributed by atoms with van der Waals surface area (Å²) >= 11 is 1.53. The van der Waals surface area contributed by atoms with E-state index in [-0.39, 0.29) is 11.4 Å². The summed E-state index contributed by atoms with van der Waals surface area (Å²) in [5.41, 5.74) is 1.40. The molecule has 2 aliphatic rings. The van der Waals surface area contributed by atoms with E-state index >= 15 is 0 Å². The van der Waals surface area contributed by atoms with E-state index in [0.29, 0.717) is 0 Å². The van der Waals surface area contributed by atoms with Crippen LogP contribution in [0, 0.1) is 0 Å². The zero-order valence-electron chi connectivity index (χ0n) is 14.4. The Morgan fingerprint density at radius 2 is 1.68 bits per heavy atom. The molecule has 1 aromatic heterocycles. The number of nitrogens with zero attached hydrogens (tertiary/aromatic N) is 2. The Labute approximate surface area is 153 Å². The smallest absolute Gasteiger partial charge is 0.263 e. The Kier molecular flexibility index (Phi) is 4.88. The minimum Gasteiger partial charge on any atom is -0.379 e. The number of rotatable bonds is 3. The van der Waals surface area contributed by atoms with Gasteiger partial charge in [0.25, 0.3) is 5.91 Å². The molecule has 2 saturated heterocycles. The van der Waals surface area contributed by atoms with E-state index in [0.717, 1.165) is 57.1 Å². The van der Waals surface area contributed by atoms with Gasteiger partial charge in [-0.15, -0.1) is 11.3 Å². The standard InChI is InChI=1S/C20H24N2O2S/c23-19(18-7-4-16-25-18)21-10-8-20(9-11-21,17-5-2-1-3-6-17)22-12-14-24-15-13-22/h1-7,16H,8-15H2. The van der Waals surface area contributed by atoms with Crippen molar-refractivity contribution in [2.45, 2.75) is 18.4 Å². The number of hydrogen-bond acceptors (Lipinski definition) is 4. The summed E-state index contributed by atoms with van der Waals surface area (Å²) in [7, 11) is 0. The molecule has 0 saturated carbocycles. The average Bonchev–Trinajstić information content (AvgIpc) is 3.24. The van der Waals surface area contributed by atoms with Crippen molar-refractivity contribution in [1.29, 1.82) is 0 Å². The Bertz CT molecular complexity index is 688. The molecule has 0 unspecified atom stereocenters. The molecule has 0 spiro atoms. The highest BCUT2D eigenvalue weighted by molar-refractivity contribution is 7.12. The maximum atomic E-state index is 12.7. The van der Waals surface area contributed by atoms with Crippen LogP contribution in [0.2, 0.25) is 0 Å². The number of thiophene rings is 1. The highest BCUT2D eigenvalue weighted by atomic mass is 32.1. The fraction of sp³-hybridized carbons (Fsp3) is 0.450. The minimum absolute atomic E-state index is 0.0251. The molecule has 0 N–H and O–H groups in total. The Hall–Kier alpha value is -1.69. The first-order chi connectivity index (χ1) is 12.3. The van der Waals surface area contributed by atoms with E-state index in [4.69, 9.17) is 4.74 Å². The van der Waals surface area contributed by atoms with Gasteiger partial charge >= 0.3 is 0 Å². The van der Waals surface area contributed by atoms with Gasteiger partial charge in [0.05, 0.1) is 18.1 Å². The third kappa shape index (κ3) is 3.24. The fourth-order valence-corrected chi connectivity index (χ4v) is 4.85. The summed E-state index contributed by atoms with van der Waals surface area (Å²) in [6.45, 7) is 5.15. The number of hydrogen-bond donors (Lipinski definition) is 0. The largest absolute Gasteiger partial charge is 0.379 e. The molecule has 2 aromatic rings. The summed E-state index contributed by atoms with van der Waals surface area (Å²) < 4.78 is 5.57. The second kappa shape index (κ2) is 7.28. The molecule has 0 bridgehead atoms. The number of piperidine rings is 1. The van der Waals surface area contributed by atoms with Gasteiger partial charge in [-0.25, -0.2) is 0 Å². The number of morpholine rings is 1. The zero-order valence-corrected chi connectivity index (χ0v) is 15.2. The molecule has 1 amide bonds. The second-order valence-corrected chi connectivity index (χ2v) is 7.71. The predicted octanol–water partition coefficient (Wildman–Crippen LogP) is 3.21. The van der Waals surface area contributed by atoms with Crippen molar-refractivity contribution in [2.24, 2.45) is 0 Å². The summed E-state index contributed by atoms with van der Waals surface area (Å²) in [4.78, 5) is 18.1. The van der Waals surface area contributed by atoms with Gasteiger partial charge in [-0.1, -0.05) is 36.4 Å². The van der Waals surface area contributed by atoms with Gasteiger partial charge in [0.15, 0.2) is 0 Å². The van der Waals surface area contributed by atoms with Gasteiger partial charge in [-0.3, -0.25) is 9.69 Å². The number of amides is 1. The third-order valence-electron chi connectivity index (χ3n) is 5.54. The van der Waals surface area contributed by atoms with Crippen molar-refractivity contribution in [3.05, 3.63) is 58.3 Å². The van der Waals surface area contributed by atoms with Crippen molar-refractivity contribution >= 4 is 17.2 Å². The molecule has 2 aliphatic heterocycles. The zero-order chi connectivity index (χ0) is 17.1. The molecular formula is C20H24N2O2S. The second-order valence-electron chi connectivity index (χ2n) is 6.77. The van der Waals surface area contributed by atoms with Crippen LogP contribution in [-0.2, 0) is 10.3 Å². The highest BCUT2D eigenvalue weighted by Gasteiger charge is 2.42. The van der Waals surface area contributed by atoms with Crippen LogP contribution in [-0.4, -0.2) is 55.1 Å². The van der Waals surface area contributed by atoms with Gasteiger partial charge in [0.1, 0.15) is 0 Å². The molecule has 132 valence electrons. The van der Waals surface area contributed by atoms with Crippen molar-refractivity contribution in [3.8, 4) is 0 Å². The molecule has 2 fully saturated rings. The molecule has 25 heavy (non-hydrogen) atoms. The molecule has 1 aromatic carbocycles. The maximum absolute atomic E-state index is 12.7. The number of ether oxygens (including phenoxy) is 1. The van der Waals surface area contributed by atoms with Crippen LogP contribution in [0.3, 0.4) is 0 Å². The van der Waals surface area contributed by atoms with Crippen LogP contribution in [0.15, 0.2) is 47.8 Å². The number of likely N-dealkylation sites (tertiary alicyclic amines) is 1. The fourth-order valence-electron chi connectivity index (χ4n) is 4.16. The predicted molar refractivity (Wildman–Crippen MR) is 100.0 cm³/mol. The Morgan fingerprint density at radius 1 is 0.960 bits per heavy atom. The Morgan fingerprint density at radius 3 is 2.32 bits per heavy atom. The lowest BCUT2D eigenvalue weighted by molar-refractivity contribution is -0.0481. The summed E-state index contributed by atoms with van der Waals surface area (Å²) in [5.74, 6) is 0.179. The van der Waals surface area contributed by atoms with Crippen LogP contribution in [0.4, 0.5) is 0 Å². The van der Waals surface area contributed by atoms with Crippen molar-refractivity contribution in [3.63, 3.8) is 0 Å². The lowest BCUT2D eigenvalue weighted by atomic mass is 9.79.